The van der Waals surface area contributed by atoms with E-state index in [0.717, 1.165) is 5.56 Å². The fourth-order valence-electron chi connectivity index (χ4n) is 3.44. The van der Waals surface area contributed by atoms with Crippen LogP contribution >= 0.6 is 34.8 Å². The monoisotopic (exact) mass is 623 g/mol. The molecule has 0 aliphatic heterocycles. The Labute approximate surface area is 241 Å². The van der Waals surface area contributed by atoms with Gasteiger partial charge in [-0.25, -0.2) is 16.8 Å². The molecule has 4 aromatic carbocycles. The predicted molar refractivity (Wildman–Crippen MR) is 155 cm³/mol. The fourth-order valence-corrected chi connectivity index (χ4v) is 6.26. The Morgan fingerprint density at radius 2 is 1.10 bits per heavy atom. The van der Waals surface area contributed by atoms with Gasteiger partial charge >= 0.3 is 0 Å². The van der Waals surface area contributed by atoms with E-state index in [-0.39, 0.29) is 47.5 Å². The average Bonchev–Trinajstić information content (AvgIpc) is 2.84. The summed E-state index contributed by atoms with van der Waals surface area (Å²) in [5, 5.41) is 3.25. The summed E-state index contributed by atoms with van der Waals surface area (Å²) < 4.78 is 55.7. The fraction of sp³-hybridized carbons (Fsp3) is 0.0385. The number of halogens is 3. The maximum atomic E-state index is 12.9. The van der Waals surface area contributed by atoms with E-state index in [1.54, 1.807) is 12.1 Å². The minimum absolute atomic E-state index is 0.0111. The molecule has 0 aromatic heterocycles. The maximum Gasteiger partial charge on any atom is 0.261 e. The van der Waals surface area contributed by atoms with Crippen LogP contribution in [0, 0.1) is 6.92 Å². The van der Waals surface area contributed by atoms with Crippen LogP contribution in [0.5, 0.6) is 0 Å². The third-order valence-corrected chi connectivity index (χ3v) is 8.89. The number of carbonyl (C=O) groups is 1. The largest absolute Gasteiger partial charge is 0.322 e. The van der Waals surface area contributed by atoms with Crippen molar-refractivity contribution in [1.29, 1.82) is 0 Å². The van der Waals surface area contributed by atoms with Crippen molar-refractivity contribution in [2.45, 2.75) is 16.7 Å². The zero-order chi connectivity index (χ0) is 28.4. The normalized spacial score (nSPS) is 11.6. The molecule has 4 aromatic rings. The molecule has 0 fully saturated rings. The van der Waals surface area contributed by atoms with Crippen LogP contribution in [0.25, 0.3) is 0 Å². The second-order valence-electron chi connectivity index (χ2n) is 8.36. The van der Waals surface area contributed by atoms with Crippen molar-refractivity contribution < 1.29 is 21.6 Å². The molecular formula is C26H20Cl3N3O5S2. The van der Waals surface area contributed by atoms with Crippen LogP contribution in [0.4, 0.5) is 17.1 Å². The first-order valence-electron chi connectivity index (χ1n) is 11.1. The van der Waals surface area contributed by atoms with E-state index in [0.29, 0.717) is 0 Å². The van der Waals surface area contributed by atoms with Crippen molar-refractivity contribution in [2.75, 3.05) is 14.8 Å². The van der Waals surface area contributed by atoms with Crippen LogP contribution in [0.3, 0.4) is 0 Å². The highest BCUT2D eigenvalue weighted by molar-refractivity contribution is 7.93. The first kappa shape index (κ1) is 28.7. The van der Waals surface area contributed by atoms with Gasteiger partial charge in [-0.05, 0) is 79.7 Å². The molecule has 0 radical (unpaired) electrons. The molecule has 0 bridgehead atoms. The van der Waals surface area contributed by atoms with E-state index in [2.05, 4.69) is 14.8 Å². The second kappa shape index (κ2) is 11.4. The quantitative estimate of drug-likeness (QED) is 0.199. The molecule has 1 amide bonds. The van der Waals surface area contributed by atoms with E-state index in [9.17, 15) is 21.6 Å². The Kier molecular flexibility index (Phi) is 8.43. The minimum atomic E-state index is -3.97. The molecule has 0 aliphatic carbocycles. The van der Waals surface area contributed by atoms with Crippen molar-refractivity contribution in [1.82, 2.24) is 0 Å². The van der Waals surface area contributed by atoms with Gasteiger partial charge in [0.1, 0.15) is 0 Å². The van der Waals surface area contributed by atoms with E-state index < -0.39 is 26.0 Å². The minimum Gasteiger partial charge on any atom is -0.322 e. The number of nitrogens with one attached hydrogen (secondary N) is 3. The van der Waals surface area contributed by atoms with Crippen LogP contribution in [-0.2, 0) is 20.0 Å². The first-order valence-corrected chi connectivity index (χ1v) is 15.2. The molecule has 0 unspecified atom stereocenters. The van der Waals surface area contributed by atoms with Crippen LogP contribution in [0.1, 0.15) is 15.9 Å². The summed E-state index contributed by atoms with van der Waals surface area (Å²) in [5.41, 5.74) is 1.53. The number of amides is 1. The maximum absolute atomic E-state index is 12.9. The molecule has 3 N–H and O–H groups in total. The molecule has 0 heterocycles. The van der Waals surface area contributed by atoms with Crippen molar-refractivity contribution in [2.24, 2.45) is 0 Å². The van der Waals surface area contributed by atoms with Gasteiger partial charge in [0.15, 0.2) is 0 Å². The molecule has 0 atom stereocenters. The number of anilines is 3. The van der Waals surface area contributed by atoms with Crippen LogP contribution in [-0.4, -0.2) is 22.7 Å². The van der Waals surface area contributed by atoms with Gasteiger partial charge < -0.3 is 5.32 Å². The number of hydrogen-bond acceptors (Lipinski definition) is 5. The van der Waals surface area contributed by atoms with Gasteiger partial charge in [0.05, 0.1) is 26.1 Å². The van der Waals surface area contributed by atoms with Gasteiger partial charge in [0.2, 0.25) is 0 Å². The summed E-state index contributed by atoms with van der Waals surface area (Å²) in [6.45, 7) is 1.84. The van der Waals surface area contributed by atoms with E-state index >= 15 is 0 Å². The van der Waals surface area contributed by atoms with Crippen LogP contribution in [0.2, 0.25) is 15.1 Å². The number of aryl methyl sites for hydroxylation is 1. The standard InChI is InChI=1S/C26H20Cl3N3O5S2/c1-16-2-7-22(8-3-16)38(34,35)31-20-6-11-25(29)24(15-20)26(33)30-19-4-9-23(10-5-19)39(36,37)32-21-13-17(27)12-18(28)14-21/h2-15,31-32H,1H3,(H,30,33). The summed E-state index contributed by atoms with van der Waals surface area (Å²) in [6, 6.07) is 20.1. The Hall–Kier alpha value is -3.28. The SMILES string of the molecule is Cc1ccc(S(=O)(=O)Nc2ccc(Cl)c(C(=O)Nc3ccc(S(=O)(=O)Nc4cc(Cl)cc(Cl)c4)cc3)c2)cc1. The van der Waals surface area contributed by atoms with Gasteiger partial charge in [-0.3, -0.25) is 14.2 Å². The number of rotatable bonds is 8. The zero-order valence-corrected chi connectivity index (χ0v) is 24.0. The highest BCUT2D eigenvalue weighted by Gasteiger charge is 2.18. The lowest BCUT2D eigenvalue weighted by Gasteiger charge is -2.12. The molecular weight excluding hydrogens is 605 g/mol. The molecule has 0 saturated heterocycles. The summed E-state index contributed by atoms with van der Waals surface area (Å²) in [6.07, 6.45) is 0. The van der Waals surface area contributed by atoms with E-state index in [1.165, 1.54) is 72.8 Å². The lowest BCUT2D eigenvalue weighted by atomic mass is 10.2. The molecule has 0 aliphatic rings. The second-order valence-corrected chi connectivity index (χ2v) is 13.0. The van der Waals surface area contributed by atoms with Gasteiger partial charge in [0.25, 0.3) is 26.0 Å². The molecule has 39 heavy (non-hydrogen) atoms. The molecule has 202 valence electrons. The third-order valence-electron chi connectivity index (χ3n) is 5.33. The summed E-state index contributed by atoms with van der Waals surface area (Å²) in [7, 11) is -7.86. The summed E-state index contributed by atoms with van der Waals surface area (Å²) in [5.74, 6) is -0.626. The number of sulfonamides is 2. The van der Waals surface area contributed by atoms with Crippen LogP contribution < -0.4 is 14.8 Å². The molecule has 4 rings (SSSR count). The Balaban J connectivity index is 1.48. The first-order chi connectivity index (χ1) is 18.3. The average molecular weight is 625 g/mol. The molecule has 13 heteroatoms. The van der Waals surface area contributed by atoms with Gasteiger partial charge in [-0.15, -0.1) is 0 Å². The number of carbonyl (C=O) groups excluding carboxylic acids is 1. The van der Waals surface area contributed by atoms with Gasteiger partial charge in [-0.2, -0.15) is 0 Å². The van der Waals surface area contributed by atoms with E-state index in [1.807, 2.05) is 6.92 Å². The molecule has 0 saturated carbocycles. The Morgan fingerprint density at radius 3 is 1.67 bits per heavy atom. The number of hydrogen-bond donors (Lipinski definition) is 3. The highest BCUT2D eigenvalue weighted by Crippen LogP contribution is 2.27. The zero-order valence-electron chi connectivity index (χ0n) is 20.1. The molecule has 8 nitrogen and oxygen atoms in total. The predicted octanol–water partition coefficient (Wildman–Crippen LogP) is 6.81. The topological polar surface area (TPSA) is 121 Å². The van der Waals surface area contributed by atoms with Crippen molar-refractivity contribution >= 4 is 77.8 Å². The van der Waals surface area contributed by atoms with E-state index in [4.69, 9.17) is 34.8 Å². The lowest BCUT2D eigenvalue weighted by Crippen LogP contribution is -2.16. The highest BCUT2D eigenvalue weighted by atomic mass is 35.5. The number of benzene rings is 4. The van der Waals surface area contributed by atoms with Crippen LogP contribution in [0.15, 0.2) is 94.7 Å². The van der Waals surface area contributed by atoms with Crippen molar-refractivity contribution in [3.8, 4) is 0 Å². The molecule has 0 spiro atoms. The van der Waals surface area contributed by atoms with Crippen molar-refractivity contribution in [3.63, 3.8) is 0 Å². The van der Waals surface area contributed by atoms with Gasteiger partial charge in [0, 0.05) is 21.4 Å². The van der Waals surface area contributed by atoms with Crippen molar-refractivity contribution in [3.05, 3.63) is 111 Å². The Morgan fingerprint density at radius 1 is 0.615 bits per heavy atom. The lowest BCUT2D eigenvalue weighted by molar-refractivity contribution is 0.102. The summed E-state index contributed by atoms with van der Waals surface area (Å²) >= 11 is 18.1. The smallest absolute Gasteiger partial charge is 0.261 e. The summed E-state index contributed by atoms with van der Waals surface area (Å²) in [4.78, 5) is 12.9. The third kappa shape index (κ3) is 7.23. The van der Waals surface area contributed by atoms with Gasteiger partial charge in [-0.1, -0.05) is 52.5 Å². The Bertz CT molecular complexity index is 1740.